The average Bonchev–Trinajstić information content (AvgIpc) is 3.25. The molecule has 0 saturated carbocycles. The molecule has 1 heterocycles. The van der Waals surface area contributed by atoms with E-state index in [1.807, 2.05) is 30.3 Å². The number of nitro benzene ring substituents is 1. The van der Waals surface area contributed by atoms with Gasteiger partial charge in [-0.25, -0.2) is 13.1 Å². The molecule has 12 heteroatoms. The number of carbonyl (C=O) groups excluding carboxylic acids is 1. The molecule has 0 unspecified atom stereocenters. The van der Waals surface area contributed by atoms with Gasteiger partial charge in [-0.2, -0.15) is 9.82 Å². The maximum absolute atomic E-state index is 12.4. The van der Waals surface area contributed by atoms with Crippen LogP contribution >= 0.6 is 11.8 Å². The van der Waals surface area contributed by atoms with Crippen molar-refractivity contribution in [3.63, 3.8) is 0 Å². The number of para-hydroxylation sites is 1. The summed E-state index contributed by atoms with van der Waals surface area (Å²) in [5.74, 6) is -0.812. The Morgan fingerprint density at radius 3 is 2.65 bits per heavy atom. The second-order valence-electron chi connectivity index (χ2n) is 6.16. The second-order valence-corrected chi connectivity index (χ2v) is 8.78. The lowest BCUT2D eigenvalue weighted by Gasteiger charge is -2.08. The molecule has 31 heavy (non-hydrogen) atoms. The van der Waals surface area contributed by atoms with E-state index in [9.17, 15) is 23.3 Å². The van der Waals surface area contributed by atoms with Crippen LogP contribution in [-0.2, 0) is 26.2 Å². The number of rotatable bonds is 9. The molecule has 0 aliphatic heterocycles. The van der Waals surface area contributed by atoms with Gasteiger partial charge in [-0.1, -0.05) is 18.2 Å². The van der Waals surface area contributed by atoms with Crippen LogP contribution in [0.5, 0.6) is 0 Å². The van der Waals surface area contributed by atoms with Crippen LogP contribution in [0.4, 0.5) is 5.69 Å². The Labute approximate surface area is 182 Å². The van der Waals surface area contributed by atoms with E-state index >= 15 is 0 Å². The Balaban J connectivity index is 1.57. The summed E-state index contributed by atoms with van der Waals surface area (Å²) in [6.45, 7) is -0.756. The summed E-state index contributed by atoms with van der Waals surface area (Å²) in [4.78, 5) is 22.4. The largest absolute Gasteiger partial charge is 0.458 e. The lowest BCUT2D eigenvalue weighted by Crippen LogP contribution is -2.30. The number of sulfonamides is 1. The summed E-state index contributed by atoms with van der Waals surface area (Å²) in [6, 6.07) is 14.6. The van der Waals surface area contributed by atoms with Gasteiger partial charge in [-0.05, 0) is 36.6 Å². The molecule has 0 amide bonds. The normalized spacial score (nSPS) is 11.3. The van der Waals surface area contributed by atoms with Crippen LogP contribution in [0.1, 0.15) is 5.69 Å². The predicted octanol–water partition coefficient (Wildman–Crippen LogP) is 2.52. The quantitative estimate of drug-likeness (QED) is 0.222. The zero-order valence-electron chi connectivity index (χ0n) is 16.3. The van der Waals surface area contributed by atoms with E-state index in [4.69, 9.17) is 4.74 Å². The molecule has 0 atom stereocenters. The highest BCUT2D eigenvalue weighted by atomic mass is 32.2. The molecule has 1 N–H and O–H groups in total. The summed E-state index contributed by atoms with van der Waals surface area (Å²) in [5.41, 5.74) is 1.00. The van der Waals surface area contributed by atoms with Crippen LogP contribution in [-0.4, -0.2) is 41.9 Å². The van der Waals surface area contributed by atoms with Gasteiger partial charge in [0.15, 0.2) is 0 Å². The molecule has 0 spiro atoms. The number of nitrogens with zero attached hydrogens (tertiary/aromatic N) is 3. The highest BCUT2D eigenvalue weighted by Gasteiger charge is 2.22. The van der Waals surface area contributed by atoms with E-state index in [-0.39, 0.29) is 17.2 Å². The topological polar surface area (TPSA) is 133 Å². The van der Waals surface area contributed by atoms with Gasteiger partial charge in [0.25, 0.3) is 5.69 Å². The third kappa shape index (κ3) is 5.69. The number of nitrogens with one attached hydrogen (secondary N) is 1. The van der Waals surface area contributed by atoms with Gasteiger partial charge in [0.05, 0.1) is 20.4 Å². The van der Waals surface area contributed by atoms with Gasteiger partial charge in [0.2, 0.25) is 10.0 Å². The van der Waals surface area contributed by atoms with Gasteiger partial charge >= 0.3 is 5.97 Å². The SMILES string of the molecule is CSc1ccc(S(=O)(=O)NCC(=O)OCc2ccn(-c3ccccc3)n2)cc1[N+](=O)[O-]. The molecule has 0 aliphatic carbocycles. The molecule has 3 rings (SSSR count). The zero-order chi connectivity index (χ0) is 22.4. The van der Waals surface area contributed by atoms with Gasteiger partial charge in [-0.15, -0.1) is 11.8 Å². The summed E-state index contributed by atoms with van der Waals surface area (Å²) < 4.78 is 33.5. The molecule has 0 saturated heterocycles. The highest BCUT2D eigenvalue weighted by Crippen LogP contribution is 2.29. The van der Waals surface area contributed by atoms with Crippen LogP contribution in [0, 0.1) is 10.1 Å². The summed E-state index contributed by atoms with van der Waals surface area (Å²) >= 11 is 1.13. The number of ether oxygens (including phenoxy) is 1. The maximum atomic E-state index is 12.4. The Bertz CT molecular complexity index is 1200. The van der Waals surface area contributed by atoms with Crippen LogP contribution in [0.3, 0.4) is 0 Å². The van der Waals surface area contributed by atoms with Crippen molar-refractivity contribution in [2.24, 2.45) is 0 Å². The molecule has 0 fully saturated rings. The monoisotopic (exact) mass is 462 g/mol. The number of esters is 1. The third-order valence-corrected chi connectivity index (χ3v) is 6.29. The molecule has 162 valence electrons. The first-order chi connectivity index (χ1) is 14.8. The predicted molar refractivity (Wildman–Crippen MR) is 113 cm³/mol. The first-order valence-corrected chi connectivity index (χ1v) is 11.6. The van der Waals surface area contributed by atoms with Crippen molar-refractivity contribution in [2.75, 3.05) is 12.8 Å². The number of thioether (sulfide) groups is 1. The number of benzene rings is 2. The lowest BCUT2D eigenvalue weighted by molar-refractivity contribution is -0.387. The molecule has 0 bridgehead atoms. The molecule has 3 aromatic rings. The maximum Gasteiger partial charge on any atom is 0.321 e. The van der Waals surface area contributed by atoms with Crippen LogP contribution < -0.4 is 4.72 Å². The fourth-order valence-electron chi connectivity index (χ4n) is 2.59. The molecule has 2 aromatic carbocycles. The van der Waals surface area contributed by atoms with Crippen molar-refractivity contribution in [1.82, 2.24) is 14.5 Å². The molecule has 0 radical (unpaired) electrons. The number of carbonyl (C=O) groups is 1. The first kappa shape index (κ1) is 22.5. The van der Waals surface area contributed by atoms with Crippen LogP contribution in [0.15, 0.2) is 70.6 Å². The van der Waals surface area contributed by atoms with Gasteiger partial charge in [-0.3, -0.25) is 14.9 Å². The molecule has 10 nitrogen and oxygen atoms in total. The number of hydrogen-bond acceptors (Lipinski definition) is 8. The summed E-state index contributed by atoms with van der Waals surface area (Å²) in [7, 11) is -4.14. The molecular formula is C19H18N4O6S2. The van der Waals surface area contributed by atoms with E-state index in [0.717, 1.165) is 23.5 Å². The van der Waals surface area contributed by atoms with E-state index in [1.54, 1.807) is 23.2 Å². The van der Waals surface area contributed by atoms with Crippen molar-refractivity contribution in [1.29, 1.82) is 0 Å². The Kier molecular flexibility index (Phi) is 7.05. The van der Waals surface area contributed by atoms with E-state index in [1.165, 1.54) is 12.1 Å². The lowest BCUT2D eigenvalue weighted by atomic mass is 10.3. The van der Waals surface area contributed by atoms with Crippen molar-refractivity contribution in [3.8, 4) is 5.69 Å². The smallest absolute Gasteiger partial charge is 0.321 e. The number of nitro groups is 1. The average molecular weight is 463 g/mol. The minimum atomic E-state index is -4.14. The standard InChI is InChI=1S/C19H18N4O6S2/c1-30-18-8-7-16(11-17(18)23(25)26)31(27,28)20-12-19(24)29-13-14-9-10-22(21-14)15-5-3-2-4-6-15/h2-11,20H,12-13H2,1H3. The van der Waals surface area contributed by atoms with E-state index < -0.39 is 27.5 Å². The zero-order valence-corrected chi connectivity index (χ0v) is 17.9. The molecule has 1 aromatic heterocycles. The van der Waals surface area contributed by atoms with Gasteiger partial charge in [0, 0.05) is 12.3 Å². The van der Waals surface area contributed by atoms with Gasteiger partial charge < -0.3 is 4.74 Å². The number of hydrogen-bond donors (Lipinski definition) is 1. The fourth-order valence-corrected chi connectivity index (χ4v) is 4.12. The summed E-state index contributed by atoms with van der Waals surface area (Å²) in [6.07, 6.45) is 3.36. The number of aromatic nitrogens is 2. The second kappa shape index (κ2) is 9.73. The minimum Gasteiger partial charge on any atom is -0.458 e. The van der Waals surface area contributed by atoms with E-state index in [0.29, 0.717) is 10.6 Å². The molecule has 0 aliphatic rings. The van der Waals surface area contributed by atoms with Crippen molar-refractivity contribution in [2.45, 2.75) is 16.4 Å². The fraction of sp³-hybridized carbons (Fsp3) is 0.158. The third-order valence-electron chi connectivity index (χ3n) is 4.11. The highest BCUT2D eigenvalue weighted by molar-refractivity contribution is 7.98. The van der Waals surface area contributed by atoms with Crippen LogP contribution in [0.2, 0.25) is 0 Å². The summed E-state index contributed by atoms with van der Waals surface area (Å²) in [5, 5.41) is 15.4. The van der Waals surface area contributed by atoms with Crippen molar-refractivity contribution < 1.29 is 22.9 Å². The first-order valence-electron chi connectivity index (χ1n) is 8.88. The Hall–Kier alpha value is -3.22. The Morgan fingerprint density at radius 2 is 1.97 bits per heavy atom. The van der Waals surface area contributed by atoms with Crippen molar-refractivity contribution >= 4 is 33.4 Å². The van der Waals surface area contributed by atoms with Gasteiger partial charge in [0.1, 0.15) is 18.8 Å². The Morgan fingerprint density at radius 1 is 1.23 bits per heavy atom. The van der Waals surface area contributed by atoms with Crippen LogP contribution in [0.25, 0.3) is 5.69 Å². The van der Waals surface area contributed by atoms with Crippen molar-refractivity contribution in [3.05, 3.63) is 76.6 Å². The molecular weight excluding hydrogens is 444 g/mol. The minimum absolute atomic E-state index is 0.131. The van der Waals surface area contributed by atoms with E-state index in [2.05, 4.69) is 9.82 Å².